The van der Waals surface area contributed by atoms with Gasteiger partial charge in [0.1, 0.15) is 5.69 Å². The molecule has 1 aliphatic rings. The van der Waals surface area contributed by atoms with Gasteiger partial charge in [-0.1, -0.05) is 42.5 Å². The average Bonchev–Trinajstić information content (AvgIpc) is 2.73. The van der Waals surface area contributed by atoms with E-state index < -0.39 is 17.2 Å². The Labute approximate surface area is 166 Å². The van der Waals surface area contributed by atoms with E-state index in [4.69, 9.17) is 0 Å². The molecule has 0 fully saturated rings. The first kappa shape index (κ1) is 18.6. The zero-order valence-corrected chi connectivity index (χ0v) is 15.9. The van der Waals surface area contributed by atoms with Gasteiger partial charge < -0.3 is 9.88 Å². The third-order valence-corrected chi connectivity index (χ3v) is 4.95. The van der Waals surface area contributed by atoms with Crippen molar-refractivity contribution in [2.24, 2.45) is 0 Å². The highest BCUT2D eigenvalue weighted by Crippen LogP contribution is 2.31. The monoisotopic (exact) mass is 386 g/mol. The molecule has 1 aliphatic carbocycles. The first-order valence-electron chi connectivity index (χ1n) is 9.24. The van der Waals surface area contributed by atoms with E-state index in [1.807, 2.05) is 0 Å². The van der Waals surface area contributed by atoms with Gasteiger partial charge in [0.2, 0.25) is 0 Å². The van der Waals surface area contributed by atoms with Gasteiger partial charge in [-0.2, -0.15) is 0 Å². The molecular formula is C23H18N2O4. The third kappa shape index (κ3) is 2.99. The Balaban J connectivity index is 1.94. The number of hydrogen-bond donors (Lipinski definition) is 1. The first-order valence-corrected chi connectivity index (χ1v) is 9.24. The van der Waals surface area contributed by atoms with Crippen LogP contribution in [0.15, 0.2) is 65.6 Å². The van der Waals surface area contributed by atoms with E-state index in [1.54, 1.807) is 68.4 Å². The molecule has 4 rings (SSSR count). The molecular weight excluding hydrogens is 368 g/mol. The number of benzene rings is 2. The quantitative estimate of drug-likeness (QED) is 0.584. The largest absolute Gasteiger partial charge is 0.317 e. The second kappa shape index (κ2) is 6.98. The number of pyridine rings is 1. The highest BCUT2D eigenvalue weighted by molar-refractivity contribution is 6.30. The van der Waals surface area contributed by atoms with E-state index in [0.29, 0.717) is 11.1 Å². The summed E-state index contributed by atoms with van der Waals surface area (Å²) in [7, 11) is 0. The van der Waals surface area contributed by atoms with Gasteiger partial charge in [0.25, 0.3) is 11.5 Å². The zero-order chi connectivity index (χ0) is 20.7. The normalized spacial score (nSPS) is 12.5. The fourth-order valence-corrected chi connectivity index (χ4v) is 3.47. The summed E-state index contributed by atoms with van der Waals surface area (Å²) in [5.74, 6) is -1.32. The fourth-order valence-electron chi connectivity index (χ4n) is 3.47. The molecule has 1 aromatic heterocycles. The van der Waals surface area contributed by atoms with E-state index in [-0.39, 0.29) is 34.2 Å². The molecule has 1 N–H and O–H groups in total. The summed E-state index contributed by atoms with van der Waals surface area (Å²) in [6.45, 7) is 3.58. The molecule has 0 saturated carbocycles. The smallest absolute Gasteiger partial charge is 0.275 e. The van der Waals surface area contributed by atoms with Crippen LogP contribution in [0.2, 0.25) is 0 Å². The fraction of sp³-hybridized carbons (Fsp3) is 0.130. The molecule has 0 radical (unpaired) electrons. The molecule has 0 unspecified atom stereocenters. The topological polar surface area (TPSA) is 85.2 Å². The van der Waals surface area contributed by atoms with Gasteiger partial charge in [-0.15, -0.1) is 0 Å². The lowest BCUT2D eigenvalue weighted by atomic mass is 9.84. The summed E-state index contributed by atoms with van der Waals surface area (Å²) in [6, 6.07) is 14.6. The summed E-state index contributed by atoms with van der Waals surface area (Å²) in [5.41, 5.74) is 0.225. The Bertz CT molecular complexity index is 1220. The molecule has 1 amide bonds. The van der Waals surface area contributed by atoms with Crippen molar-refractivity contribution in [2.45, 2.75) is 19.9 Å². The standard InChI is InChI=1S/C23H18N2O4/c1-13(2)25-12-17-18(21(27)16-11-7-6-10-15(16)20(17)26)19(23(25)29)24-22(28)14-8-4-3-5-9-14/h3-13H,1-2H3,(H,24,28). The highest BCUT2D eigenvalue weighted by atomic mass is 16.2. The van der Waals surface area contributed by atoms with E-state index in [2.05, 4.69) is 5.32 Å². The van der Waals surface area contributed by atoms with Crippen molar-refractivity contribution in [1.29, 1.82) is 0 Å². The van der Waals surface area contributed by atoms with Crippen LogP contribution in [0, 0.1) is 0 Å². The number of anilines is 1. The van der Waals surface area contributed by atoms with Crippen LogP contribution in [0.25, 0.3) is 0 Å². The lowest BCUT2D eigenvalue weighted by molar-refractivity contribution is 0.0977. The summed E-state index contributed by atoms with van der Waals surface area (Å²) in [6.07, 6.45) is 1.41. The van der Waals surface area contributed by atoms with Crippen molar-refractivity contribution in [2.75, 3.05) is 5.32 Å². The summed E-state index contributed by atoms with van der Waals surface area (Å²) in [4.78, 5) is 52.1. The number of ketones is 2. The van der Waals surface area contributed by atoms with Crippen LogP contribution in [-0.2, 0) is 0 Å². The molecule has 0 saturated heterocycles. The molecule has 0 aliphatic heterocycles. The maximum absolute atomic E-state index is 13.2. The molecule has 3 aromatic rings. The number of carbonyl (C=O) groups excluding carboxylic acids is 3. The summed E-state index contributed by atoms with van der Waals surface area (Å²) < 4.78 is 1.36. The van der Waals surface area contributed by atoms with Crippen LogP contribution in [-0.4, -0.2) is 22.0 Å². The van der Waals surface area contributed by atoms with Crippen molar-refractivity contribution in [3.05, 3.63) is 99.0 Å². The van der Waals surface area contributed by atoms with Crippen molar-refractivity contribution in [3.63, 3.8) is 0 Å². The molecule has 2 aromatic carbocycles. The molecule has 29 heavy (non-hydrogen) atoms. The lowest BCUT2D eigenvalue weighted by Gasteiger charge is -2.23. The second-order valence-corrected chi connectivity index (χ2v) is 7.12. The van der Waals surface area contributed by atoms with E-state index in [1.165, 1.54) is 10.8 Å². The van der Waals surface area contributed by atoms with Gasteiger partial charge in [0, 0.05) is 28.9 Å². The third-order valence-electron chi connectivity index (χ3n) is 4.95. The lowest BCUT2D eigenvalue weighted by Crippen LogP contribution is -2.34. The highest BCUT2D eigenvalue weighted by Gasteiger charge is 2.34. The molecule has 0 spiro atoms. The second-order valence-electron chi connectivity index (χ2n) is 7.12. The number of amides is 1. The van der Waals surface area contributed by atoms with Gasteiger partial charge >= 0.3 is 0 Å². The Kier molecular flexibility index (Phi) is 4.47. The van der Waals surface area contributed by atoms with Crippen LogP contribution in [0.4, 0.5) is 5.69 Å². The van der Waals surface area contributed by atoms with Gasteiger partial charge in [-0.05, 0) is 26.0 Å². The molecule has 6 nitrogen and oxygen atoms in total. The number of nitrogens with one attached hydrogen (secondary N) is 1. The number of carbonyl (C=O) groups is 3. The SMILES string of the molecule is CC(C)n1cc2c(c(NC(=O)c3ccccc3)c1=O)C(=O)c1ccccc1C2=O. The maximum atomic E-state index is 13.2. The van der Waals surface area contributed by atoms with Gasteiger partial charge in [0.05, 0.1) is 11.1 Å². The van der Waals surface area contributed by atoms with E-state index in [0.717, 1.165) is 0 Å². The minimum absolute atomic E-state index is 0.0557. The molecule has 0 atom stereocenters. The molecule has 6 heteroatoms. The van der Waals surface area contributed by atoms with E-state index in [9.17, 15) is 19.2 Å². The molecule has 144 valence electrons. The number of fused-ring (bicyclic) bond motifs is 2. The Hall–Kier alpha value is -3.80. The van der Waals surface area contributed by atoms with Gasteiger partial charge in [-0.25, -0.2) is 0 Å². The minimum Gasteiger partial charge on any atom is -0.317 e. The number of rotatable bonds is 3. The maximum Gasteiger partial charge on any atom is 0.275 e. The Morgan fingerprint density at radius 3 is 2.03 bits per heavy atom. The zero-order valence-electron chi connectivity index (χ0n) is 15.9. The number of nitrogens with zero attached hydrogens (tertiary/aromatic N) is 1. The first-order chi connectivity index (χ1) is 13.9. The Morgan fingerprint density at radius 2 is 1.41 bits per heavy atom. The summed E-state index contributed by atoms with van der Waals surface area (Å²) >= 11 is 0. The van der Waals surface area contributed by atoms with Gasteiger partial charge in [0.15, 0.2) is 11.6 Å². The van der Waals surface area contributed by atoms with E-state index >= 15 is 0 Å². The Morgan fingerprint density at radius 1 is 0.828 bits per heavy atom. The van der Waals surface area contributed by atoms with Crippen LogP contribution >= 0.6 is 0 Å². The predicted octanol–water partition coefficient (Wildman–Crippen LogP) is 3.46. The molecule has 0 bridgehead atoms. The van der Waals surface area contributed by atoms with Crippen molar-refractivity contribution < 1.29 is 14.4 Å². The molecule has 1 heterocycles. The average molecular weight is 386 g/mol. The predicted molar refractivity (Wildman–Crippen MR) is 109 cm³/mol. The van der Waals surface area contributed by atoms with Crippen molar-refractivity contribution in [1.82, 2.24) is 4.57 Å². The van der Waals surface area contributed by atoms with Crippen LogP contribution in [0.3, 0.4) is 0 Å². The number of aromatic nitrogens is 1. The van der Waals surface area contributed by atoms with Crippen LogP contribution < -0.4 is 10.9 Å². The van der Waals surface area contributed by atoms with Crippen LogP contribution in [0.1, 0.15) is 62.1 Å². The minimum atomic E-state index is -0.524. The van der Waals surface area contributed by atoms with Gasteiger partial charge in [-0.3, -0.25) is 19.2 Å². The summed E-state index contributed by atoms with van der Waals surface area (Å²) in [5, 5.41) is 2.59. The number of hydrogen-bond acceptors (Lipinski definition) is 4. The van der Waals surface area contributed by atoms with Crippen molar-refractivity contribution >= 4 is 23.2 Å². The van der Waals surface area contributed by atoms with Crippen molar-refractivity contribution in [3.8, 4) is 0 Å². The van der Waals surface area contributed by atoms with Crippen LogP contribution in [0.5, 0.6) is 0 Å².